The third-order valence-electron chi connectivity index (χ3n) is 1.15. The van der Waals surface area contributed by atoms with Gasteiger partial charge >= 0.3 is 0 Å². The molecule has 0 N–H and O–H groups in total. The largest absolute Gasteiger partial charge is 0.142 e. The van der Waals surface area contributed by atoms with Gasteiger partial charge in [-0.25, -0.2) is 0 Å². The van der Waals surface area contributed by atoms with Crippen molar-refractivity contribution >= 4 is 36.0 Å². The summed E-state index contributed by atoms with van der Waals surface area (Å²) < 4.78 is 0. The molecule has 0 aromatic heterocycles. The number of thioether (sulfide) groups is 1. The summed E-state index contributed by atoms with van der Waals surface area (Å²) in [6.45, 7) is 0. The highest BCUT2D eigenvalue weighted by Crippen LogP contribution is 2.24. The second-order valence-electron chi connectivity index (χ2n) is 1.82. The Morgan fingerprint density at radius 2 is 2.20 bits per heavy atom. The third-order valence-corrected chi connectivity index (χ3v) is 2.71. The Kier molecular flexibility index (Phi) is 2.96. The van der Waals surface area contributed by atoms with Gasteiger partial charge in [0.2, 0.25) is 0 Å². The van der Waals surface area contributed by atoms with E-state index in [2.05, 4.69) is 12.6 Å². The molecular weight excluding hydrogens is 184 g/mol. The Morgan fingerprint density at radius 3 is 2.70 bits per heavy atom. The number of rotatable bonds is 1. The third kappa shape index (κ3) is 1.84. The van der Waals surface area contributed by atoms with E-state index in [9.17, 15) is 0 Å². The molecule has 10 heavy (non-hydrogen) atoms. The van der Waals surface area contributed by atoms with Gasteiger partial charge in [0.05, 0.1) is 5.02 Å². The number of halogens is 1. The zero-order chi connectivity index (χ0) is 7.56. The molecule has 0 aliphatic carbocycles. The standard InChI is InChI=1S/C7H7ClS2/c1-10-5-2-3-6(8)7(9)4-5/h2-4,9H,1H3. The van der Waals surface area contributed by atoms with E-state index >= 15 is 0 Å². The molecule has 0 atom stereocenters. The van der Waals surface area contributed by atoms with Gasteiger partial charge in [0.1, 0.15) is 0 Å². The first kappa shape index (κ1) is 8.31. The molecule has 0 heterocycles. The Labute approximate surface area is 75.4 Å². The van der Waals surface area contributed by atoms with Crippen LogP contribution in [0.25, 0.3) is 0 Å². The van der Waals surface area contributed by atoms with Gasteiger partial charge in [0, 0.05) is 9.79 Å². The minimum absolute atomic E-state index is 0.709. The van der Waals surface area contributed by atoms with Crippen LogP contribution in [-0.4, -0.2) is 6.26 Å². The fourth-order valence-electron chi connectivity index (χ4n) is 0.619. The Bertz CT molecular complexity index is 235. The second-order valence-corrected chi connectivity index (χ2v) is 3.59. The number of thiol groups is 1. The smallest absolute Gasteiger partial charge is 0.0540 e. The first-order valence-corrected chi connectivity index (χ1v) is 4.81. The van der Waals surface area contributed by atoms with Crippen molar-refractivity contribution in [2.45, 2.75) is 9.79 Å². The zero-order valence-electron chi connectivity index (χ0n) is 5.47. The van der Waals surface area contributed by atoms with Crippen molar-refractivity contribution in [1.82, 2.24) is 0 Å². The van der Waals surface area contributed by atoms with Crippen LogP contribution in [0.3, 0.4) is 0 Å². The van der Waals surface area contributed by atoms with E-state index in [1.165, 1.54) is 4.90 Å². The van der Waals surface area contributed by atoms with E-state index in [0.29, 0.717) is 5.02 Å². The lowest BCUT2D eigenvalue weighted by molar-refractivity contribution is 1.34. The van der Waals surface area contributed by atoms with Gasteiger partial charge in [-0.3, -0.25) is 0 Å². The maximum absolute atomic E-state index is 5.75. The van der Waals surface area contributed by atoms with Gasteiger partial charge in [0.25, 0.3) is 0 Å². The highest BCUT2D eigenvalue weighted by atomic mass is 35.5. The molecule has 0 amide bonds. The summed E-state index contributed by atoms with van der Waals surface area (Å²) in [7, 11) is 0. The van der Waals surface area contributed by atoms with E-state index in [-0.39, 0.29) is 0 Å². The van der Waals surface area contributed by atoms with Crippen LogP contribution in [0.5, 0.6) is 0 Å². The van der Waals surface area contributed by atoms with Crippen molar-refractivity contribution in [3.8, 4) is 0 Å². The lowest BCUT2D eigenvalue weighted by Crippen LogP contribution is -1.71. The first-order chi connectivity index (χ1) is 4.74. The first-order valence-electron chi connectivity index (χ1n) is 2.76. The minimum Gasteiger partial charge on any atom is -0.142 e. The Balaban J connectivity index is 3.04. The fraction of sp³-hybridized carbons (Fsp3) is 0.143. The van der Waals surface area contributed by atoms with E-state index in [1.807, 2.05) is 24.5 Å². The molecule has 3 heteroatoms. The molecule has 0 nitrogen and oxygen atoms in total. The van der Waals surface area contributed by atoms with E-state index in [0.717, 1.165) is 4.90 Å². The monoisotopic (exact) mass is 190 g/mol. The lowest BCUT2D eigenvalue weighted by Gasteiger charge is -1.98. The number of benzene rings is 1. The molecule has 54 valence electrons. The van der Waals surface area contributed by atoms with Gasteiger partial charge in [-0.2, -0.15) is 0 Å². The summed E-state index contributed by atoms with van der Waals surface area (Å²) in [4.78, 5) is 2.03. The van der Waals surface area contributed by atoms with Crippen LogP contribution in [0.4, 0.5) is 0 Å². The lowest BCUT2D eigenvalue weighted by atomic mass is 10.4. The van der Waals surface area contributed by atoms with Crippen molar-refractivity contribution in [3.05, 3.63) is 23.2 Å². The normalized spacial score (nSPS) is 9.90. The summed E-state index contributed by atoms with van der Waals surface area (Å²) in [5, 5.41) is 0.709. The van der Waals surface area contributed by atoms with E-state index in [4.69, 9.17) is 11.6 Å². The molecule has 0 aliphatic heterocycles. The molecule has 0 bridgehead atoms. The summed E-state index contributed by atoms with van der Waals surface area (Å²) in [5.74, 6) is 0. The molecule has 1 rings (SSSR count). The SMILES string of the molecule is CSc1ccc(Cl)c(S)c1. The van der Waals surface area contributed by atoms with E-state index < -0.39 is 0 Å². The molecule has 1 aromatic rings. The average molecular weight is 191 g/mol. The van der Waals surface area contributed by atoms with Crippen LogP contribution in [0.2, 0.25) is 5.02 Å². The summed E-state index contributed by atoms with van der Waals surface area (Å²) in [5.41, 5.74) is 0. The van der Waals surface area contributed by atoms with Gasteiger partial charge in [-0.05, 0) is 24.5 Å². The Hall–Kier alpha value is 0.210. The highest BCUT2D eigenvalue weighted by Gasteiger charge is 1.95. The summed E-state index contributed by atoms with van der Waals surface area (Å²) >= 11 is 11.6. The van der Waals surface area contributed by atoms with E-state index in [1.54, 1.807) is 11.8 Å². The van der Waals surface area contributed by atoms with Gasteiger partial charge in [0.15, 0.2) is 0 Å². The van der Waals surface area contributed by atoms with Crippen LogP contribution in [0.15, 0.2) is 28.0 Å². The number of hydrogen-bond donors (Lipinski definition) is 1. The molecule has 0 saturated heterocycles. The Morgan fingerprint density at radius 1 is 1.50 bits per heavy atom. The van der Waals surface area contributed by atoms with Gasteiger partial charge in [-0.1, -0.05) is 11.6 Å². The predicted octanol–water partition coefficient (Wildman–Crippen LogP) is 3.35. The molecule has 0 fully saturated rings. The van der Waals surface area contributed by atoms with Crippen molar-refractivity contribution in [1.29, 1.82) is 0 Å². The van der Waals surface area contributed by atoms with Crippen molar-refractivity contribution < 1.29 is 0 Å². The van der Waals surface area contributed by atoms with Crippen LogP contribution in [0.1, 0.15) is 0 Å². The van der Waals surface area contributed by atoms with Crippen LogP contribution in [0, 0.1) is 0 Å². The number of hydrogen-bond acceptors (Lipinski definition) is 2. The topological polar surface area (TPSA) is 0 Å². The molecule has 0 saturated carbocycles. The molecule has 0 unspecified atom stereocenters. The van der Waals surface area contributed by atoms with Crippen molar-refractivity contribution in [2.24, 2.45) is 0 Å². The summed E-state index contributed by atoms with van der Waals surface area (Å²) in [6, 6.07) is 5.79. The van der Waals surface area contributed by atoms with Gasteiger partial charge < -0.3 is 0 Å². The quantitative estimate of drug-likeness (QED) is 0.524. The maximum atomic E-state index is 5.75. The fourth-order valence-corrected chi connectivity index (χ4v) is 1.48. The second kappa shape index (κ2) is 3.56. The zero-order valence-corrected chi connectivity index (χ0v) is 7.93. The minimum atomic E-state index is 0.709. The highest BCUT2D eigenvalue weighted by molar-refractivity contribution is 7.98. The van der Waals surface area contributed by atoms with Crippen LogP contribution >= 0.6 is 36.0 Å². The molecule has 0 aliphatic rings. The van der Waals surface area contributed by atoms with Crippen LogP contribution < -0.4 is 0 Å². The van der Waals surface area contributed by atoms with Gasteiger partial charge in [-0.15, -0.1) is 24.4 Å². The molecular formula is C7H7ClS2. The predicted molar refractivity (Wildman–Crippen MR) is 50.5 cm³/mol. The molecule has 0 spiro atoms. The summed E-state index contributed by atoms with van der Waals surface area (Å²) in [6.07, 6.45) is 2.02. The molecule has 1 aromatic carbocycles. The molecule has 0 radical (unpaired) electrons. The maximum Gasteiger partial charge on any atom is 0.0540 e. The van der Waals surface area contributed by atoms with Crippen molar-refractivity contribution in [2.75, 3.05) is 6.26 Å². The van der Waals surface area contributed by atoms with Crippen molar-refractivity contribution in [3.63, 3.8) is 0 Å². The average Bonchev–Trinajstić information content (AvgIpc) is 1.95. The van der Waals surface area contributed by atoms with Crippen LogP contribution in [-0.2, 0) is 0 Å².